The van der Waals surface area contributed by atoms with Gasteiger partial charge < -0.3 is 26.0 Å². The Labute approximate surface area is 256 Å². The van der Waals surface area contributed by atoms with Crippen LogP contribution >= 0.6 is 0 Å². The molecule has 0 unspecified atom stereocenters. The van der Waals surface area contributed by atoms with Crippen molar-refractivity contribution < 1.29 is 14.3 Å². The molecule has 2 amide bonds. The summed E-state index contributed by atoms with van der Waals surface area (Å²) in [7, 11) is 3.22. The maximum absolute atomic E-state index is 12.0. The summed E-state index contributed by atoms with van der Waals surface area (Å²) in [5.74, 6) is 1.73. The molecule has 1 aliphatic heterocycles. The predicted octanol–water partition coefficient (Wildman–Crippen LogP) is 4.34. The van der Waals surface area contributed by atoms with Crippen LogP contribution in [0.4, 0.5) is 11.9 Å². The third-order valence-electron chi connectivity index (χ3n) is 7.19. The monoisotopic (exact) mass is 592 g/mol. The highest BCUT2D eigenvalue weighted by Crippen LogP contribution is 2.29. The second-order valence-electron chi connectivity index (χ2n) is 10.5. The predicted molar refractivity (Wildman–Crippen MR) is 171 cm³/mol. The maximum atomic E-state index is 12.0. The molecule has 226 valence electrons. The van der Waals surface area contributed by atoms with Gasteiger partial charge in [-0.3, -0.25) is 9.59 Å². The maximum Gasteiger partial charge on any atom is 0.269 e. The fraction of sp³-hybridized carbons (Fsp3) is 0.273. The fourth-order valence-electron chi connectivity index (χ4n) is 4.52. The van der Waals surface area contributed by atoms with E-state index in [0.717, 1.165) is 48.6 Å². The molecule has 2 aliphatic rings. The van der Waals surface area contributed by atoms with E-state index in [2.05, 4.69) is 47.6 Å². The van der Waals surface area contributed by atoms with Crippen LogP contribution in [0.5, 0.6) is 5.75 Å². The van der Waals surface area contributed by atoms with E-state index < -0.39 is 5.91 Å². The van der Waals surface area contributed by atoms with Crippen LogP contribution in [0.1, 0.15) is 40.2 Å². The zero-order valence-corrected chi connectivity index (χ0v) is 24.9. The molecular weight excluding hydrogens is 556 g/mol. The number of rotatable bonds is 9. The number of nitrogens with zero attached hydrogens (tertiary/aromatic N) is 5. The number of primary amides is 1. The minimum absolute atomic E-state index is 0.201. The van der Waals surface area contributed by atoms with Crippen molar-refractivity contribution >= 4 is 23.7 Å². The number of nitrogens with two attached hydrogens (primary N) is 1. The van der Waals surface area contributed by atoms with E-state index in [4.69, 9.17) is 10.5 Å². The molecule has 0 spiro atoms. The number of benzene rings is 2. The van der Waals surface area contributed by atoms with Crippen LogP contribution in [0.15, 0.2) is 78.9 Å². The van der Waals surface area contributed by atoms with Gasteiger partial charge in [-0.2, -0.15) is 0 Å². The molecular formula is C33H36N8O3. The highest BCUT2D eigenvalue weighted by molar-refractivity contribution is 5.93. The normalized spacial score (nSPS) is 13.8. The van der Waals surface area contributed by atoms with Crippen molar-refractivity contribution in [3.63, 3.8) is 0 Å². The molecule has 1 aliphatic carbocycles. The topological polar surface area (TPSA) is 148 Å². The molecule has 1 saturated carbocycles. The van der Waals surface area contributed by atoms with Crippen molar-refractivity contribution in [3.05, 3.63) is 90.3 Å². The number of ether oxygens (including phenoxy) is 1. The lowest BCUT2D eigenvalue weighted by atomic mass is 10.1. The molecule has 1 fully saturated rings. The van der Waals surface area contributed by atoms with Crippen molar-refractivity contribution in [2.24, 2.45) is 11.7 Å². The first-order valence-corrected chi connectivity index (χ1v) is 14.6. The SMILES string of the molecule is CNC(=O)c1cc(-c2ccccc2)nc(N2CC=CCC2)n1.COc1ccc(-c2cc(C(N)=O)nc(NCC3CC3)n2)cc1. The van der Waals surface area contributed by atoms with E-state index in [1.807, 2.05) is 54.6 Å². The van der Waals surface area contributed by atoms with Gasteiger partial charge in [0.2, 0.25) is 11.9 Å². The number of anilines is 2. The van der Waals surface area contributed by atoms with Crippen LogP contribution in [-0.4, -0.2) is 65.5 Å². The lowest BCUT2D eigenvalue weighted by molar-refractivity contribution is 0.0956. The fourth-order valence-corrected chi connectivity index (χ4v) is 4.52. The minimum atomic E-state index is -0.563. The van der Waals surface area contributed by atoms with E-state index in [1.54, 1.807) is 26.3 Å². The molecule has 3 heterocycles. The van der Waals surface area contributed by atoms with Crippen LogP contribution in [-0.2, 0) is 0 Å². The summed E-state index contributed by atoms with van der Waals surface area (Å²) in [5.41, 5.74) is 9.23. The Morgan fingerprint density at radius 1 is 0.909 bits per heavy atom. The summed E-state index contributed by atoms with van der Waals surface area (Å²) in [4.78, 5) is 43.3. The summed E-state index contributed by atoms with van der Waals surface area (Å²) in [5, 5.41) is 5.81. The number of hydrogen-bond acceptors (Lipinski definition) is 9. The van der Waals surface area contributed by atoms with Gasteiger partial charge in [-0.25, -0.2) is 19.9 Å². The summed E-state index contributed by atoms with van der Waals surface area (Å²) in [6, 6.07) is 20.6. The van der Waals surface area contributed by atoms with Crippen molar-refractivity contribution in [2.45, 2.75) is 19.3 Å². The van der Waals surface area contributed by atoms with Gasteiger partial charge in [-0.1, -0.05) is 42.5 Å². The van der Waals surface area contributed by atoms with Crippen LogP contribution in [0, 0.1) is 5.92 Å². The summed E-state index contributed by atoms with van der Waals surface area (Å²) in [6.45, 7) is 2.46. The third kappa shape index (κ3) is 7.94. The zero-order valence-electron chi connectivity index (χ0n) is 24.9. The molecule has 4 N–H and O–H groups in total. The van der Waals surface area contributed by atoms with Gasteiger partial charge in [0.1, 0.15) is 17.1 Å². The Kier molecular flexibility index (Phi) is 9.75. The Hall–Kier alpha value is -5.32. The second kappa shape index (κ2) is 14.2. The van der Waals surface area contributed by atoms with Crippen LogP contribution < -0.4 is 26.0 Å². The average molecular weight is 593 g/mol. The molecule has 2 aromatic heterocycles. The first-order valence-electron chi connectivity index (χ1n) is 14.6. The molecule has 11 nitrogen and oxygen atoms in total. The first-order chi connectivity index (χ1) is 21.4. The second-order valence-corrected chi connectivity index (χ2v) is 10.5. The van der Waals surface area contributed by atoms with E-state index in [-0.39, 0.29) is 11.6 Å². The van der Waals surface area contributed by atoms with Crippen molar-refractivity contribution in [1.29, 1.82) is 0 Å². The number of methoxy groups -OCH3 is 1. The average Bonchev–Trinajstić information content (AvgIpc) is 3.92. The number of carbonyl (C=O) groups excluding carboxylic acids is 2. The summed E-state index contributed by atoms with van der Waals surface area (Å²) in [6.07, 6.45) is 7.68. The number of aromatic nitrogens is 4. The van der Waals surface area contributed by atoms with Gasteiger partial charge in [-0.05, 0) is 61.6 Å². The Morgan fingerprint density at radius 2 is 1.61 bits per heavy atom. The molecule has 0 bridgehead atoms. The molecule has 0 saturated heterocycles. The highest BCUT2D eigenvalue weighted by atomic mass is 16.5. The standard InChI is InChI=1S/C17H18N4O.C16H18N4O2/c1-18-16(22)15-12-14(13-8-4-2-5-9-13)19-17(20-15)21-10-6-3-7-11-21;1-22-12-6-4-11(5-7-12)13-8-14(15(17)21)20-16(19-13)18-9-10-2-3-10/h2-6,8-9,12H,7,10-11H2,1H3,(H,18,22);4-8,10H,2-3,9H2,1H3,(H2,17,21)(H,18,19,20). The number of nitrogens with one attached hydrogen (secondary N) is 2. The first kappa shape index (κ1) is 30.1. The Morgan fingerprint density at radius 3 is 2.25 bits per heavy atom. The lowest BCUT2D eigenvalue weighted by Gasteiger charge is -2.24. The third-order valence-corrected chi connectivity index (χ3v) is 7.19. The van der Waals surface area contributed by atoms with Gasteiger partial charge >= 0.3 is 0 Å². The zero-order chi connectivity index (χ0) is 30.9. The molecule has 4 aromatic rings. The van der Waals surface area contributed by atoms with E-state index >= 15 is 0 Å². The molecule has 2 aromatic carbocycles. The molecule has 11 heteroatoms. The van der Waals surface area contributed by atoms with E-state index in [1.165, 1.54) is 12.8 Å². The van der Waals surface area contributed by atoms with Gasteiger partial charge in [0.25, 0.3) is 11.8 Å². The molecule has 0 radical (unpaired) electrons. The number of amides is 2. The number of hydrogen-bond donors (Lipinski definition) is 3. The summed E-state index contributed by atoms with van der Waals surface area (Å²) < 4.78 is 5.14. The van der Waals surface area contributed by atoms with Gasteiger partial charge in [0.15, 0.2) is 0 Å². The van der Waals surface area contributed by atoms with Crippen molar-refractivity contribution in [1.82, 2.24) is 25.3 Å². The van der Waals surface area contributed by atoms with Crippen molar-refractivity contribution in [3.8, 4) is 28.3 Å². The minimum Gasteiger partial charge on any atom is -0.497 e. The lowest BCUT2D eigenvalue weighted by Crippen LogP contribution is -2.30. The van der Waals surface area contributed by atoms with E-state index in [9.17, 15) is 9.59 Å². The summed E-state index contributed by atoms with van der Waals surface area (Å²) >= 11 is 0. The molecule has 0 atom stereocenters. The van der Waals surface area contributed by atoms with Crippen LogP contribution in [0.3, 0.4) is 0 Å². The van der Waals surface area contributed by atoms with Gasteiger partial charge in [-0.15, -0.1) is 0 Å². The molecule has 6 rings (SSSR count). The number of carbonyl (C=O) groups is 2. The van der Waals surface area contributed by atoms with Crippen LogP contribution in [0.25, 0.3) is 22.5 Å². The Balaban J connectivity index is 0.000000175. The van der Waals surface area contributed by atoms with E-state index in [0.29, 0.717) is 29.2 Å². The molecule has 44 heavy (non-hydrogen) atoms. The quantitative estimate of drug-likeness (QED) is 0.241. The van der Waals surface area contributed by atoms with Crippen molar-refractivity contribution in [2.75, 3.05) is 44.0 Å². The van der Waals surface area contributed by atoms with Gasteiger partial charge in [0.05, 0.1) is 18.5 Å². The smallest absolute Gasteiger partial charge is 0.269 e. The van der Waals surface area contributed by atoms with Crippen LogP contribution in [0.2, 0.25) is 0 Å². The largest absolute Gasteiger partial charge is 0.497 e. The highest BCUT2D eigenvalue weighted by Gasteiger charge is 2.21. The Bertz CT molecular complexity index is 1620. The van der Waals surface area contributed by atoms with Gasteiger partial charge in [0, 0.05) is 37.8 Å².